The maximum atomic E-state index is 12.2. The molecule has 0 saturated heterocycles. The van der Waals surface area contributed by atoms with Crippen LogP contribution in [0.4, 0.5) is 0 Å². The van der Waals surface area contributed by atoms with E-state index in [1.807, 2.05) is 13.0 Å². The van der Waals surface area contributed by atoms with E-state index in [0.717, 1.165) is 4.88 Å². The number of thiophene rings is 1. The Kier molecular flexibility index (Phi) is 5.92. The van der Waals surface area contributed by atoms with E-state index >= 15 is 0 Å². The fraction of sp³-hybridized carbons (Fsp3) is 0.353. The summed E-state index contributed by atoms with van der Waals surface area (Å²) in [5.41, 5.74) is 0. The third kappa shape index (κ3) is 4.55. The summed E-state index contributed by atoms with van der Waals surface area (Å²) < 4.78 is 10.1. The van der Waals surface area contributed by atoms with Gasteiger partial charge in [0.1, 0.15) is 6.04 Å². The van der Waals surface area contributed by atoms with Crippen LogP contribution in [0.1, 0.15) is 39.0 Å². The predicted molar refractivity (Wildman–Crippen MR) is 89.1 cm³/mol. The highest BCUT2D eigenvalue weighted by Gasteiger charge is 2.27. The number of aryl methyl sites for hydroxylation is 1. The summed E-state index contributed by atoms with van der Waals surface area (Å²) in [6, 6.07) is 5.76. The number of carbonyl (C=O) groups excluding carboxylic acids is 3. The van der Waals surface area contributed by atoms with Crippen LogP contribution in [0.25, 0.3) is 0 Å². The Morgan fingerprint density at radius 2 is 2.00 bits per heavy atom. The molecule has 24 heavy (non-hydrogen) atoms. The molecule has 0 radical (unpaired) electrons. The number of rotatable bonds is 7. The van der Waals surface area contributed by atoms with Crippen molar-refractivity contribution >= 4 is 29.0 Å². The van der Waals surface area contributed by atoms with Gasteiger partial charge < -0.3 is 14.5 Å². The zero-order valence-corrected chi connectivity index (χ0v) is 14.5. The second-order valence-electron chi connectivity index (χ2n) is 5.61. The second kappa shape index (κ2) is 7.92. The molecule has 1 N–H and O–H groups in total. The number of esters is 1. The van der Waals surface area contributed by atoms with Gasteiger partial charge in [0.25, 0.3) is 5.91 Å². The molecule has 0 bridgehead atoms. The average Bonchev–Trinajstić information content (AvgIpc) is 3.20. The SMILES string of the molecule is Cc1ccc(C(=O)COC(=O)[C@@H](NC(=O)c2ccco2)C(C)C)s1. The van der Waals surface area contributed by atoms with Crippen molar-refractivity contribution in [2.75, 3.05) is 6.61 Å². The first kappa shape index (κ1) is 17.9. The summed E-state index contributed by atoms with van der Waals surface area (Å²) in [5.74, 6) is -1.50. The van der Waals surface area contributed by atoms with Crippen LogP contribution in [-0.2, 0) is 9.53 Å². The number of ketones is 1. The minimum atomic E-state index is -0.861. The first-order valence-electron chi connectivity index (χ1n) is 7.49. The van der Waals surface area contributed by atoms with Gasteiger partial charge in [-0.25, -0.2) is 4.79 Å². The molecule has 7 heteroatoms. The summed E-state index contributed by atoms with van der Waals surface area (Å²) in [5, 5.41) is 2.57. The van der Waals surface area contributed by atoms with Crippen molar-refractivity contribution in [2.45, 2.75) is 26.8 Å². The highest BCUT2D eigenvalue weighted by atomic mass is 32.1. The number of carbonyl (C=O) groups is 3. The zero-order chi connectivity index (χ0) is 17.7. The van der Waals surface area contributed by atoms with Crippen molar-refractivity contribution in [2.24, 2.45) is 5.92 Å². The minimum Gasteiger partial charge on any atom is -0.459 e. The lowest BCUT2D eigenvalue weighted by Gasteiger charge is -2.20. The highest BCUT2D eigenvalue weighted by molar-refractivity contribution is 7.14. The van der Waals surface area contributed by atoms with Crippen molar-refractivity contribution in [3.05, 3.63) is 46.0 Å². The van der Waals surface area contributed by atoms with Crippen molar-refractivity contribution in [3.8, 4) is 0 Å². The molecule has 0 saturated carbocycles. The van der Waals surface area contributed by atoms with Crippen molar-refractivity contribution in [1.82, 2.24) is 5.32 Å². The molecule has 1 atom stereocenters. The molecule has 0 unspecified atom stereocenters. The number of furan rings is 1. The highest BCUT2D eigenvalue weighted by Crippen LogP contribution is 2.16. The Bertz CT molecular complexity index is 717. The van der Waals surface area contributed by atoms with Crippen LogP contribution < -0.4 is 5.32 Å². The molecule has 128 valence electrons. The number of ether oxygens (including phenoxy) is 1. The number of hydrogen-bond donors (Lipinski definition) is 1. The molecule has 1 amide bonds. The lowest BCUT2D eigenvalue weighted by atomic mass is 10.0. The van der Waals surface area contributed by atoms with Crippen LogP contribution in [0.2, 0.25) is 0 Å². The second-order valence-corrected chi connectivity index (χ2v) is 6.90. The van der Waals surface area contributed by atoms with Crippen LogP contribution in [0.3, 0.4) is 0 Å². The first-order chi connectivity index (χ1) is 11.4. The molecule has 2 rings (SSSR count). The quantitative estimate of drug-likeness (QED) is 0.614. The molecule has 2 aromatic heterocycles. The monoisotopic (exact) mass is 349 g/mol. The molecule has 0 aliphatic heterocycles. The molecule has 6 nitrogen and oxygen atoms in total. The third-order valence-electron chi connectivity index (χ3n) is 3.31. The van der Waals surface area contributed by atoms with Crippen LogP contribution in [0, 0.1) is 12.8 Å². The average molecular weight is 349 g/mol. The van der Waals surface area contributed by atoms with E-state index < -0.39 is 17.9 Å². The van der Waals surface area contributed by atoms with Crippen LogP contribution in [-0.4, -0.2) is 30.3 Å². The van der Waals surface area contributed by atoms with E-state index in [2.05, 4.69) is 5.32 Å². The number of nitrogens with one attached hydrogen (secondary N) is 1. The van der Waals surface area contributed by atoms with Gasteiger partial charge in [-0.3, -0.25) is 9.59 Å². The summed E-state index contributed by atoms with van der Waals surface area (Å²) >= 11 is 1.35. The van der Waals surface area contributed by atoms with Gasteiger partial charge in [0.2, 0.25) is 5.78 Å². The third-order valence-corrected chi connectivity index (χ3v) is 4.35. The summed E-state index contributed by atoms with van der Waals surface area (Å²) in [6.45, 7) is 5.10. The van der Waals surface area contributed by atoms with Crippen molar-refractivity contribution < 1.29 is 23.5 Å². The number of amides is 1. The molecule has 0 aliphatic rings. The molecule has 2 aromatic rings. The predicted octanol–water partition coefficient (Wildman–Crippen LogP) is 2.83. The molecular formula is C17H19NO5S. The van der Waals surface area contributed by atoms with E-state index in [9.17, 15) is 14.4 Å². The van der Waals surface area contributed by atoms with E-state index in [0.29, 0.717) is 4.88 Å². The Morgan fingerprint density at radius 1 is 1.25 bits per heavy atom. The minimum absolute atomic E-state index is 0.110. The molecule has 0 aromatic carbocycles. The van der Waals surface area contributed by atoms with Crippen LogP contribution in [0.15, 0.2) is 34.9 Å². The summed E-state index contributed by atoms with van der Waals surface area (Å²) in [4.78, 5) is 37.8. The summed E-state index contributed by atoms with van der Waals surface area (Å²) in [7, 11) is 0. The number of Topliss-reactive ketones (excluding diaryl/α,β-unsaturated/α-hetero) is 1. The van der Waals surface area contributed by atoms with Crippen molar-refractivity contribution in [3.63, 3.8) is 0 Å². The van der Waals surface area contributed by atoms with Gasteiger partial charge in [-0.15, -0.1) is 11.3 Å². The Labute approximate surface area is 143 Å². The fourth-order valence-corrected chi connectivity index (χ4v) is 2.79. The lowest BCUT2D eigenvalue weighted by molar-refractivity contribution is -0.145. The van der Waals surface area contributed by atoms with Gasteiger partial charge in [0, 0.05) is 4.88 Å². The van der Waals surface area contributed by atoms with E-state index in [1.54, 1.807) is 26.0 Å². The van der Waals surface area contributed by atoms with Gasteiger partial charge in [0.05, 0.1) is 11.1 Å². The van der Waals surface area contributed by atoms with Crippen molar-refractivity contribution in [1.29, 1.82) is 0 Å². The Morgan fingerprint density at radius 3 is 2.54 bits per heavy atom. The molecule has 2 heterocycles. The zero-order valence-electron chi connectivity index (χ0n) is 13.7. The van der Waals surface area contributed by atoms with Gasteiger partial charge in [-0.2, -0.15) is 0 Å². The first-order valence-corrected chi connectivity index (χ1v) is 8.30. The topological polar surface area (TPSA) is 85.6 Å². The molecule has 0 fully saturated rings. The van der Waals surface area contributed by atoms with E-state index in [4.69, 9.17) is 9.15 Å². The van der Waals surface area contributed by atoms with E-state index in [1.165, 1.54) is 23.7 Å². The standard InChI is InChI=1S/C17H19NO5S/c1-10(2)15(18-16(20)13-5-4-8-22-13)17(21)23-9-12(19)14-7-6-11(3)24-14/h4-8,10,15H,9H2,1-3H3,(H,18,20)/t15-/m0/s1. The van der Waals surface area contributed by atoms with Gasteiger partial charge >= 0.3 is 5.97 Å². The smallest absolute Gasteiger partial charge is 0.329 e. The Hall–Kier alpha value is -2.41. The molecule has 0 aliphatic carbocycles. The van der Waals surface area contributed by atoms with Gasteiger partial charge in [-0.05, 0) is 37.1 Å². The fourth-order valence-electron chi connectivity index (χ4n) is 2.00. The maximum absolute atomic E-state index is 12.2. The lowest BCUT2D eigenvalue weighted by Crippen LogP contribution is -2.45. The molecular weight excluding hydrogens is 330 g/mol. The van der Waals surface area contributed by atoms with E-state index in [-0.39, 0.29) is 24.1 Å². The van der Waals surface area contributed by atoms with Crippen LogP contribution >= 0.6 is 11.3 Å². The molecule has 0 spiro atoms. The maximum Gasteiger partial charge on any atom is 0.329 e. The van der Waals surface area contributed by atoms with Crippen LogP contribution in [0.5, 0.6) is 0 Å². The normalized spacial score (nSPS) is 12.0. The number of hydrogen-bond acceptors (Lipinski definition) is 6. The van der Waals surface area contributed by atoms with Gasteiger partial charge in [-0.1, -0.05) is 13.8 Å². The largest absolute Gasteiger partial charge is 0.459 e. The van der Waals surface area contributed by atoms with Gasteiger partial charge in [0.15, 0.2) is 12.4 Å². The summed E-state index contributed by atoms with van der Waals surface area (Å²) in [6.07, 6.45) is 1.37. The Balaban J connectivity index is 1.94.